The predicted molar refractivity (Wildman–Crippen MR) is 114 cm³/mol. The first kappa shape index (κ1) is 19.2. The van der Waals surface area contributed by atoms with Gasteiger partial charge in [-0.15, -0.1) is 22.7 Å². The lowest BCUT2D eigenvalue weighted by Gasteiger charge is -2.02. The molecule has 11 heteroatoms. The van der Waals surface area contributed by atoms with Crippen LogP contribution in [0.15, 0.2) is 29.9 Å². The van der Waals surface area contributed by atoms with Crippen LogP contribution in [0.2, 0.25) is 0 Å². The van der Waals surface area contributed by atoms with Crippen molar-refractivity contribution < 1.29 is 4.79 Å². The fraction of sp³-hybridized carbons (Fsp3) is 0.222. The summed E-state index contributed by atoms with van der Waals surface area (Å²) >= 11 is 2.95. The Hall–Kier alpha value is -3.18. The molecule has 0 atom stereocenters. The van der Waals surface area contributed by atoms with Crippen molar-refractivity contribution in [2.24, 2.45) is 0 Å². The fourth-order valence-electron chi connectivity index (χ4n) is 2.92. The Balaban J connectivity index is 0.000000141. The highest BCUT2D eigenvalue weighted by molar-refractivity contribution is 7.16. The monoisotopic (exact) mass is 426 g/mol. The molecule has 0 unspecified atom stereocenters. The van der Waals surface area contributed by atoms with Gasteiger partial charge in [-0.3, -0.25) is 13.8 Å². The zero-order valence-electron chi connectivity index (χ0n) is 16.2. The van der Waals surface area contributed by atoms with Gasteiger partial charge in [-0.1, -0.05) is 0 Å². The van der Waals surface area contributed by atoms with Crippen LogP contribution in [0.25, 0.3) is 21.8 Å². The number of aryl methyl sites for hydroxylation is 3. The van der Waals surface area contributed by atoms with Crippen molar-refractivity contribution in [3.63, 3.8) is 0 Å². The van der Waals surface area contributed by atoms with Gasteiger partial charge in [-0.05, 0) is 20.8 Å². The second-order valence-corrected chi connectivity index (χ2v) is 8.02. The highest BCUT2D eigenvalue weighted by Crippen LogP contribution is 2.24. The number of aromatic nitrogens is 7. The van der Waals surface area contributed by atoms with E-state index in [1.807, 2.05) is 36.9 Å². The van der Waals surface area contributed by atoms with E-state index < -0.39 is 0 Å². The SMILES string of the molecule is CC(=O)Nc1scnc1-n1cnc(C)c1.Cc1ncn2c1c(C)nc1scnc12. The molecule has 0 fully saturated rings. The number of hydrogen-bond acceptors (Lipinski definition) is 8. The molecule has 0 aliphatic heterocycles. The molecule has 5 rings (SSSR count). The van der Waals surface area contributed by atoms with E-state index in [-0.39, 0.29) is 5.91 Å². The van der Waals surface area contributed by atoms with Crippen LogP contribution in [0, 0.1) is 20.8 Å². The van der Waals surface area contributed by atoms with Crippen molar-refractivity contribution in [3.05, 3.63) is 47.0 Å². The van der Waals surface area contributed by atoms with Gasteiger partial charge in [0.05, 0.1) is 33.6 Å². The molecule has 0 radical (unpaired) electrons. The summed E-state index contributed by atoms with van der Waals surface area (Å²) in [5.74, 6) is 0.605. The number of fused-ring (bicyclic) bond motifs is 3. The third-order valence-electron chi connectivity index (χ3n) is 4.12. The molecule has 0 saturated heterocycles. The smallest absolute Gasteiger partial charge is 0.221 e. The molecular formula is C18H18N8OS2. The average Bonchev–Trinajstić information content (AvgIpc) is 3.42. The second-order valence-electron chi connectivity index (χ2n) is 6.34. The van der Waals surface area contributed by atoms with E-state index in [2.05, 4.69) is 30.2 Å². The largest absolute Gasteiger partial charge is 0.315 e. The summed E-state index contributed by atoms with van der Waals surface area (Å²) in [6.45, 7) is 7.37. The molecule has 9 nitrogen and oxygen atoms in total. The third kappa shape index (κ3) is 3.74. The molecule has 5 aromatic rings. The first-order chi connectivity index (χ1) is 13.9. The van der Waals surface area contributed by atoms with Gasteiger partial charge >= 0.3 is 0 Å². The van der Waals surface area contributed by atoms with Gasteiger partial charge in [0, 0.05) is 13.1 Å². The highest BCUT2D eigenvalue weighted by atomic mass is 32.1. The lowest BCUT2D eigenvalue weighted by atomic mass is 10.3. The summed E-state index contributed by atoms with van der Waals surface area (Å²) in [4.78, 5) is 33.2. The minimum absolute atomic E-state index is 0.0997. The van der Waals surface area contributed by atoms with Crippen molar-refractivity contribution in [1.82, 2.24) is 33.9 Å². The lowest BCUT2D eigenvalue weighted by molar-refractivity contribution is -0.114. The van der Waals surface area contributed by atoms with Gasteiger partial charge in [0.1, 0.15) is 17.7 Å². The zero-order valence-corrected chi connectivity index (χ0v) is 17.9. The Kier molecular flexibility index (Phi) is 5.07. The number of amides is 1. The number of imidazole rings is 2. The van der Waals surface area contributed by atoms with Crippen molar-refractivity contribution in [2.45, 2.75) is 27.7 Å². The molecule has 1 N–H and O–H groups in total. The number of nitrogens with zero attached hydrogens (tertiary/aromatic N) is 7. The summed E-state index contributed by atoms with van der Waals surface area (Å²) in [6, 6.07) is 0. The number of carbonyl (C=O) groups excluding carboxylic acids is 1. The van der Waals surface area contributed by atoms with E-state index in [0.717, 1.165) is 38.1 Å². The molecule has 1 amide bonds. The van der Waals surface area contributed by atoms with E-state index in [1.165, 1.54) is 18.3 Å². The maximum Gasteiger partial charge on any atom is 0.221 e. The van der Waals surface area contributed by atoms with E-state index in [9.17, 15) is 4.79 Å². The van der Waals surface area contributed by atoms with Crippen LogP contribution in [-0.4, -0.2) is 39.8 Å². The van der Waals surface area contributed by atoms with Gasteiger partial charge in [0.2, 0.25) is 5.91 Å². The normalized spacial score (nSPS) is 10.9. The number of hydrogen-bond donors (Lipinski definition) is 1. The molecule has 0 aliphatic carbocycles. The topological polar surface area (TPSA) is 103 Å². The Bertz CT molecular complexity index is 1310. The van der Waals surface area contributed by atoms with Crippen molar-refractivity contribution >= 4 is 49.6 Å². The standard InChI is InChI=1S/C9H10N4OS.C9H8N4S/c1-6-3-13(4-10-6)8-9(12-7(2)14)15-5-11-8;1-5-7-6(2)12-9-8(11-4-14-9)13(7)3-10-5/h3-5H,1-2H3,(H,12,14);3-4H,1-2H3. The number of anilines is 1. The Morgan fingerprint density at radius 1 is 1.00 bits per heavy atom. The molecule has 5 aromatic heterocycles. The van der Waals surface area contributed by atoms with Crippen LogP contribution < -0.4 is 5.32 Å². The summed E-state index contributed by atoms with van der Waals surface area (Å²) in [7, 11) is 0. The number of rotatable bonds is 2. The number of thiazole rings is 2. The maximum absolute atomic E-state index is 10.9. The third-order valence-corrected chi connectivity index (χ3v) is 5.55. The quantitative estimate of drug-likeness (QED) is 0.463. The van der Waals surface area contributed by atoms with Gasteiger partial charge in [-0.25, -0.2) is 24.9 Å². The minimum Gasteiger partial charge on any atom is -0.315 e. The van der Waals surface area contributed by atoms with Gasteiger partial charge in [0.25, 0.3) is 0 Å². The summed E-state index contributed by atoms with van der Waals surface area (Å²) in [5, 5.41) is 3.47. The Morgan fingerprint density at radius 2 is 1.79 bits per heavy atom. The van der Waals surface area contributed by atoms with Crippen LogP contribution in [0.3, 0.4) is 0 Å². The molecule has 29 heavy (non-hydrogen) atoms. The number of carbonyl (C=O) groups is 1. The van der Waals surface area contributed by atoms with E-state index in [0.29, 0.717) is 5.82 Å². The summed E-state index contributed by atoms with van der Waals surface area (Å²) in [5.41, 5.74) is 8.40. The maximum atomic E-state index is 10.9. The molecule has 0 bridgehead atoms. The molecular weight excluding hydrogens is 408 g/mol. The van der Waals surface area contributed by atoms with Gasteiger partial charge in [0.15, 0.2) is 16.3 Å². The van der Waals surface area contributed by atoms with Crippen LogP contribution in [0.5, 0.6) is 0 Å². The zero-order chi connectivity index (χ0) is 20.5. The second kappa shape index (κ2) is 7.68. The number of nitrogens with one attached hydrogen (secondary N) is 1. The average molecular weight is 427 g/mol. The summed E-state index contributed by atoms with van der Waals surface area (Å²) < 4.78 is 3.79. The van der Waals surface area contributed by atoms with Crippen LogP contribution in [0.4, 0.5) is 5.00 Å². The van der Waals surface area contributed by atoms with E-state index in [4.69, 9.17) is 0 Å². The first-order valence-corrected chi connectivity index (χ1v) is 10.5. The van der Waals surface area contributed by atoms with Crippen molar-refractivity contribution in [1.29, 1.82) is 0 Å². The molecule has 0 aromatic carbocycles. The van der Waals surface area contributed by atoms with Crippen LogP contribution in [-0.2, 0) is 4.79 Å². The summed E-state index contributed by atoms with van der Waals surface area (Å²) in [6.07, 6.45) is 5.34. The first-order valence-electron chi connectivity index (χ1n) is 8.69. The van der Waals surface area contributed by atoms with E-state index >= 15 is 0 Å². The van der Waals surface area contributed by atoms with Gasteiger partial charge in [-0.2, -0.15) is 0 Å². The van der Waals surface area contributed by atoms with E-state index in [1.54, 1.807) is 34.1 Å². The molecule has 0 spiro atoms. The van der Waals surface area contributed by atoms with Gasteiger partial charge < -0.3 is 5.32 Å². The fourth-order valence-corrected chi connectivity index (χ4v) is 4.34. The van der Waals surface area contributed by atoms with Crippen LogP contribution in [0.1, 0.15) is 24.0 Å². The van der Waals surface area contributed by atoms with Crippen molar-refractivity contribution in [3.8, 4) is 5.82 Å². The Morgan fingerprint density at radius 3 is 2.52 bits per heavy atom. The molecule has 5 heterocycles. The van der Waals surface area contributed by atoms with Crippen molar-refractivity contribution in [2.75, 3.05) is 5.32 Å². The Labute approximate surface area is 174 Å². The predicted octanol–water partition coefficient (Wildman–Crippen LogP) is 3.55. The lowest BCUT2D eigenvalue weighted by Crippen LogP contribution is -2.07. The van der Waals surface area contributed by atoms with Crippen LogP contribution >= 0.6 is 22.7 Å². The molecule has 148 valence electrons. The molecule has 0 aliphatic rings. The molecule has 0 saturated carbocycles. The minimum atomic E-state index is -0.0997. The highest BCUT2D eigenvalue weighted by Gasteiger charge is 2.10.